The zero-order valence-corrected chi connectivity index (χ0v) is 8.48. The molecule has 0 aliphatic carbocycles. The first-order valence-corrected chi connectivity index (χ1v) is 4.81. The largest absolute Gasteiger partial charge is 0.394 e. The van der Waals surface area contributed by atoms with E-state index in [1.807, 2.05) is 0 Å². The van der Waals surface area contributed by atoms with E-state index in [0.717, 1.165) is 0 Å². The van der Waals surface area contributed by atoms with Crippen molar-refractivity contribution in [2.45, 2.75) is 30.6 Å². The minimum absolute atomic E-state index is 0.297. The standard InChI is InChI=1S/C8H16N2O6/c9-1-4(12)10-8-7(15)6(14)5(13)3(2-11)16-8/h3,5-8,11,13-15H,1-2,9H2,(H,10,12)/t3-,5-,6+,7+,8+/m1/s1. The van der Waals surface area contributed by atoms with Crippen LogP contribution in [0, 0.1) is 0 Å². The lowest BCUT2D eigenvalue weighted by molar-refractivity contribution is -0.235. The van der Waals surface area contributed by atoms with Crippen molar-refractivity contribution in [3.05, 3.63) is 0 Å². The monoisotopic (exact) mass is 236 g/mol. The Morgan fingerprint density at radius 2 is 1.88 bits per heavy atom. The fourth-order valence-corrected chi connectivity index (χ4v) is 1.44. The Morgan fingerprint density at radius 1 is 1.25 bits per heavy atom. The second-order valence-electron chi connectivity index (χ2n) is 3.52. The van der Waals surface area contributed by atoms with Crippen LogP contribution in [-0.2, 0) is 9.53 Å². The normalized spacial score (nSPS) is 39.4. The van der Waals surface area contributed by atoms with Crippen LogP contribution in [0.1, 0.15) is 0 Å². The van der Waals surface area contributed by atoms with Crippen molar-refractivity contribution in [2.24, 2.45) is 5.73 Å². The molecule has 0 aromatic rings. The molecule has 0 bridgehead atoms. The third-order valence-corrected chi connectivity index (χ3v) is 2.38. The SMILES string of the molecule is NCC(=O)N[C@H]1O[C@H](CO)[C@@H](O)[C@H](O)[C@@H]1O. The van der Waals surface area contributed by atoms with Gasteiger partial charge in [0, 0.05) is 0 Å². The van der Waals surface area contributed by atoms with Gasteiger partial charge in [-0.25, -0.2) is 0 Å². The highest BCUT2D eigenvalue weighted by atomic mass is 16.6. The van der Waals surface area contributed by atoms with E-state index in [0.29, 0.717) is 0 Å². The molecule has 1 rings (SSSR count). The zero-order valence-electron chi connectivity index (χ0n) is 8.48. The Kier molecular flexibility index (Phi) is 4.59. The van der Waals surface area contributed by atoms with Gasteiger partial charge in [-0.3, -0.25) is 4.79 Å². The summed E-state index contributed by atoms with van der Waals surface area (Å²) in [4.78, 5) is 11.0. The van der Waals surface area contributed by atoms with Crippen LogP contribution in [0.3, 0.4) is 0 Å². The van der Waals surface area contributed by atoms with Crippen LogP contribution in [0.25, 0.3) is 0 Å². The minimum atomic E-state index is -1.51. The topological polar surface area (TPSA) is 145 Å². The molecule has 1 saturated heterocycles. The predicted molar refractivity (Wildman–Crippen MR) is 51.0 cm³/mol. The first kappa shape index (κ1) is 13.3. The van der Waals surface area contributed by atoms with Gasteiger partial charge in [-0.05, 0) is 0 Å². The van der Waals surface area contributed by atoms with Crippen LogP contribution in [0.15, 0.2) is 0 Å². The molecule has 1 heterocycles. The van der Waals surface area contributed by atoms with Gasteiger partial charge < -0.3 is 36.2 Å². The molecule has 1 fully saturated rings. The van der Waals surface area contributed by atoms with Gasteiger partial charge in [-0.2, -0.15) is 0 Å². The molecule has 0 saturated carbocycles. The first-order chi connectivity index (χ1) is 7.51. The Morgan fingerprint density at radius 3 is 2.38 bits per heavy atom. The lowest BCUT2D eigenvalue weighted by atomic mass is 9.98. The van der Waals surface area contributed by atoms with Gasteiger partial charge in [-0.15, -0.1) is 0 Å². The average molecular weight is 236 g/mol. The Hall–Kier alpha value is -0.770. The number of nitrogens with two attached hydrogens (primary N) is 1. The van der Waals surface area contributed by atoms with E-state index in [-0.39, 0.29) is 6.54 Å². The van der Waals surface area contributed by atoms with Crippen LogP contribution in [-0.4, -0.2) is 70.1 Å². The maximum atomic E-state index is 11.0. The summed E-state index contributed by atoms with van der Waals surface area (Å²) in [5, 5.41) is 39.4. The summed E-state index contributed by atoms with van der Waals surface area (Å²) in [5.41, 5.74) is 5.05. The van der Waals surface area contributed by atoms with E-state index >= 15 is 0 Å². The number of carbonyl (C=O) groups excluding carboxylic acids is 1. The summed E-state index contributed by atoms with van der Waals surface area (Å²) >= 11 is 0. The van der Waals surface area contributed by atoms with Crippen LogP contribution in [0.2, 0.25) is 0 Å². The third kappa shape index (κ3) is 2.67. The van der Waals surface area contributed by atoms with Crippen molar-refractivity contribution >= 4 is 5.91 Å². The molecule has 8 heteroatoms. The molecule has 0 aromatic carbocycles. The molecule has 1 aliphatic heterocycles. The molecular weight excluding hydrogens is 220 g/mol. The number of carbonyl (C=O) groups is 1. The Labute approximate surface area is 91.6 Å². The summed E-state index contributed by atoms with van der Waals surface area (Å²) in [5.74, 6) is -0.579. The molecule has 0 spiro atoms. The zero-order chi connectivity index (χ0) is 12.3. The quantitative estimate of drug-likeness (QED) is 0.292. The molecule has 94 valence electrons. The van der Waals surface area contributed by atoms with Gasteiger partial charge in [0.05, 0.1) is 13.2 Å². The van der Waals surface area contributed by atoms with E-state index < -0.39 is 43.2 Å². The van der Waals surface area contributed by atoms with Gasteiger partial charge in [0.15, 0.2) is 6.23 Å². The molecule has 5 atom stereocenters. The van der Waals surface area contributed by atoms with E-state index in [1.54, 1.807) is 0 Å². The van der Waals surface area contributed by atoms with Crippen molar-refractivity contribution in [3.8, 4) is 0 Å². The maximum Gasteiger partial charge on any atom is 0.235 e. The van der Waals surface area contributed by atoms with Crippen LogP contribution < -0.4 is 11.1 Å². The second kappa shape index (κ2) is 5.53. The first-order valence-electron chi connectivity index (χ1n) is 4.81. The van der Waals surface area contributed by atoms with Gasteiger partial charge in [0.25, 0.3) is 0 Å². The van der Waals surface area contributed by atoms with Gasteiger partial charge in [0.2, 0.25) is 5.91 Å². The molecule has 16 heavy (non-hydrogen) atoms. The third-order valence-electron chi connectivity index (χ3n) is 2.38. The number of aliphatic hydroxyl groups is 4. The van der Waals surface area contributed by atoms with E-state index in [9.17, 15) is 20.1 Å². The summed E-state index contributed by atoms with van der Waals surface area (Å²) in [7, 11) is 0. The number of hydrogen-bond acceptors (Lipinski definition) is 7. The van der Waals surface area contributed by atoms with E-state index in [2.05, 4.69) is 5.32 Å². The molecule has 8 nitrogen and oxygen atoms in total. The molecule has 1 aliphatic rings. The second-order valence-corrected chi connectivity index (χ2v) is 3.52. The van der Waals surface area contributed by atoms with Crippen molar-refractivity contribution < 1.29 is 30.0 Å². The molecule has 0 unspecified atom stereocenters. The number of amides is 1. The van der Waals surface area contributed by atoms with Crippen LogP contribution in [0.4, 0.5) is 0 Å². The Bertz CT molecular complexity index is 249. The van der Waals surface area contributed by atoms with Crippen LogP contribution in [0.5, 0.6) is 0 Å². The van der Waals surface area contributed by atoms with Crippen LogP contribution >= 0.6 is 0 Å². The average Bonchev–Trinajstić information content (AvgIpc) is 2.29. The van der Waals surface area contributed by atoms with Crippen molar-refractivity contribution in [2.75, 3.05) is 13.2 Å². The lowest BCUT2D eigenvalue weighted by Gasteiger charge is -2.40. The fraction of sp³-hybridized carbons (Fsp3) is 0.875. The summed E-state index contributed by atoms with van der Waals surface area (Å²) in [6.45, 7) is -0.838. The number of hydrogen-bond donors (Lipinski definition) is 6. The lowest BCUT2D eigenvalue weighted by Crippen LogP contribution is -2.63. The summed E-state index contributed by atoms with van der Waals surface area (Å²) in [6, 6.07) is 0. The Balaban J connectivity index is 2.67. The molecule has 0 radical (unpaired) electrons. The van der Waals surface area contributed by atoms with Crippen molar-refractivity contribution in [3.63, 3.8) is 0 Å². The van der Waals surface area contributed by atoms with Gasteiger partial charge in [-0.1, -0.05) is 0 Å². The van der Waals surface area contributed by atoms with E-state index in [4.69, 9.17) is 15.6 Å². The van der Waals surface area contributed by atoms with Crippen molar-refractivity contribution in [1.82, 2.24) is 5.32 Å². The number of nitrogens with one attached hydrogen (secondary N) is 1. The minimum Gasteiger partial charge on any atom is -0.394 e. The molecule has 0 aromatic heterocycles. The van der Waals surface area contributed by atoms with Gasteiger partial charge in [0.1, 0.15) is 24.4 Å². The molecule has 7 N–H and O–H groups in total. The highest BCUT2D eigenvalue weighted by molar-refractivity contribution is 5.77. The van der Waals surface area contributed by atoms with Gasteiger partial charge >= 0.3 is 0 Å². The highest BCUT2D eigenvalue weighted by Gasteiger charge is 2.43. The predicted octanol–water partition coefficient (Wildman–Crippen LogP) is -4.14. The summed E-state index contributed by atoms with van der Waals surface area (Å²) < 4.78 is 5.01. The number of rotatable bonds is 3. The molecular formula is C8H16N2O6. The summed E-state index contributed by atoms with van der Waals surface area (Å²) in [6.07, 6.45) is -6.67. The van der Waals surface area contributed by atoms with Crippen molar-refractivity contribution in [1.29, 1.82) is 0 Å². The number of aliphatic hydroxyl groups excluding tert-OH is 4. The molecule has 1 amide bonds. The van der Waals surface area contributed by atoms with E-state index in [1.165, 1.54) is 0 Å². The smallest absolute Gasteiger partial charge is 0.235 e. The maximum absolute atomic E-state index is 11.0. The number of ether oxygens (including phenoxy) is 1. The fourth-order valence-electron chi connectivity index (χ4n) is 1.44. The highest BCUT2D eigenvalue weighted by Crippen LogP contribution is 2.19.